The highest BCUT2D eigenvalue weighted by Gasteiger charge is 2.21. The van der Waals surface area contributed by atoms with E-state index in [1.165, 1.54) is 4.31 Å². The van der Waals surface area contributed by atoms with E-state index in [0.717, 1.165) is 6.42 Å². The van der Waals surface area contributed by atoms with Crippen LogP contribution in [0.4, 0.5) is 0 Å². The summed E-state index contributed by atoms with van der Waals surface area (Å²) in [4.78, 5) is 0. The Hall–Kier alpha value is -0.170. The summed E-state index contributed by atoms with van der Waals surface area (Å²) in [5, 5.41) is 0. The van der Waals surface area contributed by atoms with Gasteiger partial charge in [0, 0.05) is 19.6 Å². The lowest BCUT2D eigenvalue weighted by atomic mass is 10.1. The van der Waals surface area contributed by atoms with Crippen molar-refractivity contribution < 1.29 is 13.2 Å². The fraction of sp³-hybridized carbons (Fsp3) is 1.00. The van der Waals surface area contributed by atoms with Gasteiger partial charge in [0.1, 0.15) is 0 Å². The Balaban J connectivity index is 4.23. The van der Waals surface area contributed by atoms with E-state index in [0.29, 0.717) is 32.2 Å². The molecule has 0 aliphatic rings. The van der Waals surface area contributed by atoms with Crippen molar-refractivity contribution in [2.75, 3.05) is 38.6 Å². The second-order valence-electron chi connectivity index (χ2n) is 4.18. The van der Waals surface area contributed by atoms with Gasteiger partial charge in [0.05, 0.1) is 19.0 Å². The molecule has 0 fully saturated rings. The predicted octanol–water partition coefficient (Wildman–Crippen LogP) is 0.660. The average Bonchev–Trinajstić information content (AvgIpc) is 2.31. The number of nitrogens with two attached hydrogens (primary N) is 1. The number of rotatable bonds is 10. The molecule has 104 valence electrons. The van der Waals surface area contributed by atoms with Crippen LogP contribution >= 0.6 is 0 Å². The van der Waals surface area contributed by atoms with Crippen LogP contribution in [0.1, 0.15) is 27.2 Å². The fourth-order valence-corrected chi connectivity index (χ4v) is 2.86. The zero-order chi connectivity index (χ0) is 13.3. The quantitative estimate of drug-likeness (QED) is 0.590. The standard InChI is InChI=1S/C11H26N2O3S/c1-4-11(3)10-13(5-2)17(14,15)9-8-16-7-6-12/h11H,4-10,12H2,1-3H3. The number of nitrogens with zero attached hydrogens (tertiary/aromatic N) is 1. The van der Waals surface area contributed by atoms with Crippen LogP contribution in [0, 0.1) is 5.92 Å². The molecular formula is C11H26N2O3S. The van der Waals surface area contributed by atoms with Crippen LogP contribution in [-0.2, 0) is 14.8 Å². The summed E-state index contributed by atoms with van der Waals surface area (Å²) in [6.07, 6.45) is 0.982. The minimum atomic E-state index is -3.19. The Morgan fingerprint density at radius 3 is 2.41 bits per heavy atom. The number of sulfonamides is 1. The van der Waals surface area contributed by atoms with E-state index in [1.807, 2.05) is 6.92 Å². The van der Waals surface area contributed by atoms with Crippen molar-refractivity contribution in [2.24, 2.45) is 11.7 Å². The highest BCUT2D eigenvalue weighted by atomic mass is 32.2. The van der Waals surface area contributed by atoms with Crippen LogP contribution in [0.25, 0.3) is 0 Å². The molecule has 0 aromatic heterocycles. The van der Waals surface area contributed by atoms with Crippen LogP contribution in [0.2, 0.25) is 0 Å². The molecule has 0 aromatic rings. The Morgan fingerprint density at radius 2 is 1.94 bits per heavy atom. The van der Waals surface area contributed by atoms with Gasteiger partial charge in [-0.3, -0.25) is 0 Å². The maximum absolute atomic E-state index is 12.0. The smallest absolute Gasteiger partial charge is 0.216 e. The van der Waals surface area contributed by atoms with Gasteiger partial charge in [0.15, 0.2) is 0 Å². The van der Waals surface area contributed by atoms with Gasteiger partial charge in [0.2, 0.25) is 10.0 Å². The normalized spacial score (nSPS) is 14.2. The Kier molecular flexibility index (Phi) is 8.77. The second kappa shape index (κ2) is 8.85. The lowest BCUT2D eigenvalue weighted by molar-refractivity contribution is 0.156. The molecule has 5 nitrogen and oxygen atoms in total. The number of ether oxygens (including phenoxy) is 1. The fourth-order valence-electron chi connectivity index (χ4n) is 1.39. The highest BCUT2D eigenvalue weighted by molar-refractivity contribution is 7.89. The molecule has 0 saturated carbocycles. The van der Waals surface area contributed by atoms with Crippen LogP contribution in [0.3, 0.4) is 0 Å². The third kappa shape index (κ3) is 6.98. The summed E-state index contributed by atoms with van der Waals surface area (Å²) in [5.41, 5.74) is 5.26. The average molecular weight is 266 g/mol. The summed E-state index contributed by atoms with van der Waals surface area (Å²) in [6, 6.07) is 0. The van der Waals surface area contributed by atoms with Crippen LogP contribution in [0.15, 0.2) is 0 Å². The summed E-state index contributed by atoms with van der Waals surface area (Å²) >= 11 is 0. The molecule has 0 spiro atoms. The molecule has 0 heterocycles. The van der Waals surface area contributed by atoms with Crippen molar-refractivity contribution >= 4 is 10.0 Å². The van der Waals surface area contributed by atoms with E-state index in [9.17, 15) is 8.42 Å². The van der Waals surface area contributed by atoms with Crippen molar-refractivity contribution in [2.45, 2.75) is 27.2 Å². The van der Waals surface area contributed by atoms with Gasteiger partial charge >= 0.3 is 0 Å². The molecule has 0 saturated heterocycles. The van der Waals surface area contributed by atoms with Crippen molar-refractivity contribution in [3.63, 3.8) is 0 Å². The SMILES string of the molecule is CCC(C)CN(CC)S(=O)(=O)CCOCCN. The molecule has 0 bridgehead atoms. The topological polar surface area (TPSA) is 72.6 Å². The van der Waals surface area contributed by atoms with Gasteiger partial charge in [-0.15, -0.1) is 0 Å². The second-order valence-corrected chi connectivity index (χ2v) is 6.27. The first-order chi connectivity index (χ1) is 7.97. The monoisotopic (exact) mass is 266 g/mol. The van der Waals surface area contributed by atoms with E-state index in [2.05, 4.69) is 13.8 Å². The summed E-state index contributed by atoms with van der Waals surface area (Å²) in [6.45, 7) is 8.14. The zero-order valence-corrected chi connectivity index (χ0v) is 12.0. The van der Waals surface area contributed by atoms with Crippen molar-refractivity contribution in [3.05, 3.63) is 0 Å². The van der Waals surface area contributed by atoms with Crippen LogP contribution < -0.4 is 5.73 Å². The molecule has 6 heteroatoms. The molecular weight excluding hydrogens is 240 g/mol. The molecule has 0 aliphatic carbocycles. The van der Waals surface area contributed by atoms with Crippen molar-refractivity contribution in [1.82, 2.24) is 4.31 Å². The maximum atomic E-state index is 12.0. The number of hydrogen-bond acceptors (Lipinski definition) is 4. The molecule has 2 N–H and O–H groups in total. The van der Waals surface area contributed by atoms with Gasteiger partial charge in [0.25, 0.3) is 0 Å². The summed E-state index contributed by atoms with van der Waals surface area (Å²) in [5.74, 6) is 0.423. The van der Waals surface area contributed by atoms with Gasteiger partial charge in [-0.1, -0.05) is 27.2 Å². The van der Waals surface area contributed by atoms with Crippen LogP contribution in [0.5, 0.6) is 0 Å². The molecule has 1 unspecified atom stereocenters. The van der Waals surface area contributed by atoms with E-state index < -0.39 is 10.0 Å². The summed E-state index contributed by atoms with van der Waals surface area (Å²) < 4.78 is 30.6. The van der Waals surface area contributed by atoms with Gasteiger partial charge in [-0.05, 0) is 5.92 Å². The Morgan fingerprint density at radius 1 is 1.29 bits per heavy atom. The van der Waals surface area contributed by atoms with Gasteiger partial charge in [-0.25, -0.2) is 12.7 Å². The minimum Gasteiger partial charge on any atom is -0.379 e. The van der Waals surface area contributed by atoms with Gasteiger partial charge < -0.3 is 10.5 Å². The van der Waals surface area contributed by atoms with Crippen molar-refractivity contribution in [1.29, 1.82) is 0 Å². The maximum Gasteiger partial charge on any atom is 0.216 e. The van der Waals surface area contributed by atoms with Gasteiger partial charge in [-0.2, -0.15) is 0 Å². The minimum absolute atomic E-state index is 0.0390. The summed E-state index contributed by atoms with van der Waals surface area (Å²) in [7, 11) is -3.19. The first kappa shape index (κ1) is 16.8. The first-order valence-electron chi connectivity index (χ1n) is 6.23. The lowest BCUT2D eigenvalue weighted by Crippen LogP contribution is -2.37. The van der Waals surface area contributed by atoms with E-state index in [1.54, 1.807) is 0 Å². The molecule has 0 aliphatic heterocycles. The molecule has 0 amide bonds. The lowest BCUT2D eigenvalue weighted by Gasteiger charge is -2.23. The Bertz CT molecular complexity index is 280. The number of hydrogen-bond donors (Lipinski definition) is 1. The zero-order valence-electron chi connectivity index (χ0n) is 11.2. The van der Waals surface area contributed by atoms with E-state index in [4.69, 9.17) is 10.5 Å². The Labute approximate surface area is 105 Å². The molecule has 0 radical (unpaired) electrons. The highest BCUT2D eigenvalue weighted by Crippen LogP contribution is 2.09. The molecule has 17 heavy (non-hydrogen) atoms. The van der Waals surface area contributed by atoms with Crippen LogP contribution in [-0.4, -0.2) is 51.3 Å². The molecule has 1 atom stereocenters. The third-order valence-corrected chi connectivity index (χ3v) is 4.58. The van der Waals surface area contributed by atoms with E-state index in [-0.39, 0.29) is 12.4 Å². The van der Waals surface area contributed by atoms with Crippen molar-refractivity contribution in [3.8, 4) is 0 Å². The molecule has 0 rings (SSSR count). The predicted molar refractivity (Wildman–Crippen MR) is 70.4 cm³/mol. The van der Waals surface area contributed by atoms with E-state index >= 15 is 0 Å². The largest absolute Gasteiger partial charge is 0.379 e. The molecule has 0 aromatic carbocycles. The first-order valence-corrected chi connectivity index (χ1v) is 7.84. The third-order valence-electron chi connectivity index (χ3n) is 2.71.